The van der Waals surface area contributed by atoms with Crippen LogP contribution in [0.5, 0.6) is 11.5 Å². The topological polar surface area (TPSA) is 52.8 Å². The van der Waals surface area contributed by atoms with Gasteiger partial charge in [-0.1, -0.05) is 17.4 Å². The molecule has 0 amide bonds. The number of benzene rings is 1. The maximum Gasteiger partial charge on any atom is 0.270 e. The Morgan fingerprint density at radius 1 is 1.43 bits per heavy atom. The van der Waals surface area contributed by atoms with E-state index in [1.54, 1.807) is 11.7 Å². The summed E-state index contributed by atoms with van der Waals surface area (Å²) < 4.78 is 13.2. The fourth-order valence-corrected chi connectivity index (χ4v) is 3.30. The maximum absolute atomic E-state index is 12.2. The zero-order valence-electron chi connectivity index (χ0n) is 12.0. The second-order valence-electron chi connectivity index (χ2n) is 4.58. The Morgan fingerprint density at radius 2 is 2.29 bits per heavy atom. The van der Waals surface area contributed by atoms with Gasteiger partial charge in [0.2, 0.25) is 0 Å². The molecule has 0 saturated carbocycles. The summed E-state index contributed by atoms with van der Waals surface area (Å²) >= 11 is 1.43. The Kier molecular flexibility index (Phi) is 3.79. The standard InChI is InChI=1S/C15H16N2O3S/c1-3-20-11-5-4-10(8-12(11)19-2)9-13-14(18)17-7-6-16-15(17)21-13/h4-5,8-9H,3,6-7H2,1-2H3/b13-9+. The summed E-state index contributed by atoms with van der Waals surface area (Å²) in [5, 5.41) is 0. The summed E-state index contributed by atoms with van der Waals surface area (Å²) in [4.78, 5) is 17.3. The number of hydrogen-bond acceptors (Lipinski definition) is 5. The van der Waals surface area contributed by atoms with Crippen LogP contribution in [0.25, 0.3) is 6.08 Å². The molecule has 2 heterocycles. The molecule has 0 spiro atoms. The van der Waals surface area contributed by atoms with E-state index in [0.717, 1.165) is 10.4 Å². The van der Waals surface area contributed by atoms with Gasteiger partial charge in [-0.25, -0.2) is 0 Å². The summed E-state index contributed by atoms with van der Waals surface area (Å²) in [7, 11) is 1.61. The van der Waals surface area contributed by atoms with Crippen molar-refractivity contribution in [1.29, 1.82) is 0 Å². The minimum Gasteiger partial charge on any atom is -0.493 e. The van der Waals surface area contributed by atoms with E-state index < -0.39 is 0 Å². The van der Waals surface area contributed by atoms with Gasteiger partial charge in [0.15, 0.2) is 16.3 Å². The van der Waals surface area contributed by atoms with Crippen molar-refractivity contribution in [2.24, 2.45) is 4.99 Å². The third-order valence-electron chi connectivity index (χ3n) is 3.24. The molecule has 110 valence electrons. The molecule has 0 aliphatic carbocycles. The van der Waals surface area contributed by atoms with Crippen LogP contribution in [-0.2, 0) is 6.54 Å². The highest BCUT2D eigenvalue weighted by Gasteiger charge is 2.10. The third kappa shape index (κ3) is 2.58. The van der Waals surface area contributed by atoms with E-state index in [-0.39, 0.29) is 5.56 Å². The highest BCUT2D eigenvalue weighted by atomic mass is 32.1. The van der Waals surface area contributed by atoms with Gasteiger partial charge >= 0.3 is 0 Å². The van der Waals surface area contributed by atoms with Gasteiger partial charge in [-0.15, -0.1) is 0 Å². The number of nitrogens with zero attached hydrogens (tertiary/aromatic N) is 2. The quantitative estimate of drug-likeness (QED) is 0.839. The summed E-state index contributed by atoms with van der Waals surface area (Å²) in [5.41, 5.74) is 0.942. The third-order valence-corrected chi connectivity index (χ3v) is 4.29. The molecule has 0 fully saturated rings. The fourth-order valence-electron chi connectivity index (χ4n) is 2.27. The summed E-state index contributed by atoms with van der Waals surface area (Å²) in [6, 6.07) is 5.65. The summed E-state index contributed by atoms with van der Waals surface area (Å²) in [6.45, 7) is 3.90. The Hall–Kier alpha value is -2.08. The molecule has 3 rings (SSSR count). The van der Waals surface area contributed by atoms with E-state index in [2.05, 4.69) is 4.99 Å². The smallest absolute Gasteiger partial charge is 0.270 e. The number of aromatic nitrogens is 1. The Morgan fingerprint density at radius 3 is 3.00 bits per heavy atom. The molecule has 6 heteroatoms. The minimum absolute atomic E-state index is 0.0316. The van der Waals surface area contributed by atoms with E-state index in [0.29, 0.717) is 35.7 Å². The first-order chi connectivity index (χ1) is 10.2. The summed E-state index contributed by atoms with van der Waals surface area (Å²) in [5.74, 6) is 1.37. The van der Waals surface area contributed by atoms with Crippen molar-refractivity contribution in [3.05, 3.63) is 43.5 Å². The largest absolute Gasteiger partial charge is 0.493 e. The molecular formula is C15H16N2O3S. The molecule has 1 aliphatic rings. The first-order valence-corrected chi connectivity index (χ1v) is 7.61. The fraction of sp³-hybridized carbons (Fsp3) is 0.333. The summed E-state index contributed by atoms with van der Waals surface area (Å²) in [6.07, 6.45) is 1.87. The number of rotatable bonds is 4. The van der Waals surface area contributed by atoms with Gasteiger partial charge in [0.05, 0.1) is 24.8 Å². The molecule has 1 aromatic carbocycles. The van der Waals surface area contributed by atoms with Crippen LogP contribution in [0.2, 0.25) is 0 Å². The van der Waals surface area contributed by atoms with Gasteiger partial charge in [-0.2, -0.15) is 0 Å². The lowest BCUT2D eigenvalue weighted by atomic mass is 10.2. The zero-order chi connectivity index (χ0) is 14.8. The number of thiazole rings is 1. The zero-order valence-corrected chi connectivity index (χ0v) is 12.8. The van der Waals surface area contributed by atoms with Crippen LogP contribution in [-0.4, -0.2) is 24.8 Å². The molecule has 5 nitrogen and oxygen atoms in total. The predicted octanol–water partition coefficient (Wildman–Crippen LogP) is 0.779. The van der Waals surface area contributed by atoms with Crippen LogP contribution in [0, 0.1) is 0 Å². The van der Waals surface area contributed by atoms with Gasteiger partial charge in [0.1, 0.15) is 0 Å². The number of methoxy groups -OCH3 is 1. The Bertz CT molecular complexity index is 836. The number of ether oxygens (including phenoxy) is 2. The first kappa shape index (κ1) is 13.9. The van der Waals surface area contributed by atoms with Crippen LogP contribution < -0.4 is 24.4 Å². The van der Waals surface area contributed by atoms with Crippen molar-refractivity contribution in [2.75, 3.05) is 20.3 Å². The molecule has 0 unspecified atom stereocenters. The molecular weight excluding hydrogens is 288 g/mol. The molecule has 0 radical (unpaired) electrons. The Labute approximate surface area is 125 Å². The van der Waals surface area contributed by atoms with Crippen molar-refractivity contribution < 1.29 is 9.47 Å². The maximum atomic E-state index is 12.2. The average molecular weight is 304 g/mol. The lowest BCUT2D eigenvalue weighted by Crippen LogP contribution is -2.29. The minimum atomic E-state index is 0.0316. The predicted molar refractivity (Wildman–Crippen MR) is 82.0 cm³/mol. The number of fused-ring (bicyclic) bond motifs is 1. The molecule has 0 atom stereocenters. The molecule has 21 heavy (non-hydrogen) atoms. The van der Waals surface area contributed by atoms with Crippen molar-refractivity contribution >= 4 is 17.4 Å². The molecule has 1 aliphatic heterocycles. The first-order valence-electron chi connectivity index (χ1n) is 6.79. The van der Waals surface area contributed by atoms with Crippen LogP contribution in [0.15, 0.2) is 28.0 Å². The van der Waals surface area contributed by atoms with Gasteiger partial charge < -0.3 is 9.47 Å². The molecule has 2 aromatic rings. The van der Waals surface area contributed by atoms with Gasteiger partial charge in [-0.3, -0.25) is 14.4 Å². The molecule has 1 aromatic heterocycles. The lowest BCUT2D eigenvalue weighted by Gasteiger charge is -2.09. The van der Waals surface area contributed by atoms with Crippen LogP contribution in [0.4, 0.5) is 0 Å². The average Bonchev–Trinajstić information content (AvgIpc) is 3.05. The highest BCUT2D eigenvalue weighted by molar-refractivity contribution is 7.07. The highest BCUT2D eigenvalue weighted by Crippen LogP contribution is 2.28. The van der Waals surface area contributed by atoms with Crippen molar-refractivity contribution in [3.63, 3.8) is 0 Å². The lowest BCUT2D eigenvalue weighted by molar-refractivity contribution is 0.311. The van der Waals surface area contributed by atoms with E-state index in [4.69, 9.17) is 9.47 Å². The van der Waals surface area contributed by atoms with Gasteiger partial charge in [-0.05, 0) is 30.7 Å². The van der Waals surface area contributed by atoms with E-state index in [1.807, 2.05) is 31.2 Å². The van der Waals surface area contributed by atoms with Gasteiger partial charge in [0, 0.05) is 6.54 Å². The number of hydrogen-bond donors (Lipinski definition) is 0. The van der Waals surface area contributed by atoms with Crippen molar-refractivity contribution in [1.82, 2.24) is 4.57 Å². The molecule has 0 N–H and O–H groups in total. The van der Waals surface area contributed by atoms with Crippen molar-refractivity contribution in [2.45, 2.75) is 13.5 Å². The Balaban J connectivity index is 2.06. The monoisotopic (exact) mass is 304 g/mol. The van der Waals surface area contributed by atoms with Crippen LogP contribution in [0.1, 0.15) is 12.5 Å². The molecule has 0 saturated heterocycles. The second-order valence-corrected chi connectivity index (χ2v) is 5.58. The second kappa shape index (κ2) is 5.73. The van der Waals surface area contributed by atoms with Crippen LogP contribution >= 0.6 is 11.3 Å². The van der Waals surface area contributed by atoms with Crippen molar-refractivity contribution in [3.8, 4) is 11.5 Å². The van der Waals surface area contributed by atoms with Gasteiger partial charge in [0.25, 0.3) is 5.56 Å². The SMILES string of the molecule is CCOc1ccc(/C=c2/sc3n(c2=O)CCN=3)cc1OC. The van der Waals surface area contributed by atoms with E-state index >= 15 is 0 Å². The van der Waals surface area contributed by atoms with E-state index in [1.165, 1.54) is 11.3 Å². The normalized spacial score (nSPS) is 13.9. The van der Waals surface area contributed by atoms with E-state index in [9.17, 15) is 4.79 Å². The molecule has 0 bridgehead atoms. The van der Waals surface area contributed by atoms with Crippen LogP contribution in [0.3, 0.4) is 0 Å².